The molecule has 12 heavy (non-hydrogen) atoms. The third-order valence-corrected chi connectivity index (χ3v) is 1.68. The minimum absolute atomic E-state index is 0.287. The Kier molecular flexibility index (Phi) is 4.01. The lowest BCUT2D eigenvalue weighted by Gasteiger charge is -2.16. The average molecular weight is 170 g/mol. The van der Waals surface area contributed by atoms with Gasteiger partial charge in [0.2, 0.25) is 0 Å². The van der Waals surface area contributed by atoms with Crippen molar-refractivity contribution >= 4 is 5.97 Å². The maximum Gasteiger partial charge on any atom is 0.330 e. The van der Waals surface area contributed by atoms with E-state index in [1.165, 1.54) is 0 Å². The van der Waals surface area contributed by atoms with Crippen LogP contribution in [0.4, 0.5) is 0 Å². The monoisotopic (exact) mass is 170 g/mol. The molecule has 0 saturated carbocycles. The van der Waals surface area contributed by atoms with Crippen molar-refractivity contribution in [2.24, 2.45) is 5.41 Å². The van der Waals surface area contributed by atoms with E-state index < -0.39 is 5.97 Å². The first-order chi connectivity index (χ1) is 5.33. The first-order valence-electron chi connectivity index (χ1n) is 4.23. The van der Waals surface area contributed by atoms with Crippen LogP contribution in [0.15, 0.2) is 11.6 Å². The average Bonchev–Trinajstić information content (AvgIpc) is 1.84. The molecule has 2 heteroatoms. The molecular formula is C10H18O2. The summed E-state index contributed by atoms with van der Waals surface area (Å²) in [6, 6.07) is 0. The van der Waals surface area contributed by atoms with Gasteiger partial charge in [-0.15, -0.1) is 0 Å². The summed E-state index contributed by atoms with van der Waals surface area (Å²) in [7, 11) is 0. The van der Waals surface area contributed by atoms with Crippen LogP contribution in [0.2, 0.25) is 0 Å². The van der Waals surface area contributed by atoms with Crippen LogP contribution in [-0.2, 0) is 4.79 Å². The SMILES string of the molecule is CC(=CCCC(C)(C)C)C(=O)O. The summed E-state index contributed by atoms with van der Waals surface area (Å²) in [6.45, 7) is 8.08. The molecule has 0 aromatic carbocycles. The smallest absolute Gasteiger partial charge is 0.330 e. The van der Waals surface area contributed by atoms with Gasteiger partial charge in [0, 0.05) is 5.57 Å². The van der Waals surface area contributed by atoms with Gasteiger partial charge in [0.25, 0.3) is 0 Å². The molecule has 0 radical (unpaired) electrons. The largest absolute Gasteiger partial charge is 0.478 e. The first-order valence-corrected chi connectivity index (χ1v) is 4.23. The highest BCUT2D eigenvalue weighted by molar-refractivity contribution is 5.85. The molecule has 0 spiro atoms. The van der Waals surface area contributed by atoms with Crippen molar-refractivity contribution in [3.8, 4) is 0 Å². The molecule has 70 valence electrons. The lowest BCUT2D eigenvalue weighted by atomic mass is 9.90. The number of carboxylic acid groups (broad SMARTS) is 1. The highest BCUT2D eigenvalue weighted by atomic mass is 16.4. The molecule has 0 bridgehead atoms. The fourth-order valence-corrected chi connectivity index (χ4v) is 0.809. The maximum absolute atomic E-state index is 10.4. The predicted octanol–water partition coefficient (Wildman–Crippen LogP) is 2.84. The molecule has 0 aromatic rings. The van der Waals surface area contributed by atoms with Crippen LogP contribution in [0.3, 0.4) is 0 Å². The Morgan fingerprint density at radius 1 is 1.42 bits per heavy atom. The third-order valence-electron chi connectivity index (χ3n) is 1.68. The lowest BCUT2D eigenvalue weighted by Crippen LogP contribution is -2.04. The van der Waals surface area contributed by atoms with Gasteiger partial charge in [0.1, 0.15) is 0 Å². The number of allylic oxidation sites excluding steroid dienone is 1. The van der Waals surface area contributed by atoms with Crippen LogP contribution in [-0.4, -0.2) is 11.1 Å². The molecule has 0 atom stereocenters. The molecule has 0 amide bonds. The molecular weight excluding hydrogens is 152 g/mol. The second kappa shape index (κ2) is 4.29. The number of hydrogen-bond acceptors (Lipinski definition) is 1. The molecule has 1 N–H and O–H groups in total. The van der Waals surface area contributed by atoms with Crippen LogP contribution in [0, 0.1) is 5.41 Å². The second-order valence-corrected chi connectivity index (χ2v) is 4.29. The van der Waals surface area contributed by atoms with Crippen molar-refractivity contribution in [3.05, 3.63) is 11.6 Å². The van der Waals surface area contributed by atoms with Crippen LogP contribution in [0.5, 0.6) is 0 Å². The zero-order chi connectivity index (χ0) is 9.78. The fourth-order valence-electron chi connectivity index (χ4n) is 0.809. The summed E-state index contributed by atoms with van der Waals surface area (Å²) in [5, 5.41) is 8.54. The third kappa shape index (κ3) is 5.96. The van der Waals surface area contributed by atoms with E-state index in [9.17, 15) is 4.79 Å². The highest BCUT2D eigenvalue weighted by Gasteiger charge is 2.08. The number of hydrogen-bond donors (Lipinski definition) is 1. The van der Waals surface area contributed by atoms with Crippen LogP contribution in [0.1, 0.15) is 40.5 Å². The highest BCUT2D eigenvalue weighted by Crippen LogP contribution is 2.21. The van der Waals surface area contributed by atoms with Gasteiger partial charge >= 0.3 is 5.97 Å². The zero-order valence-electron chi connectivity index (χ0n) is 8.35. The van der Waals surface area contributed by atoms with Gasteiger partial charge in [-0.2, -0.15) is 0 Å². The van der Waals surface area contributed by atoms with Crippen molar-refractivity contribution in [1.82, 2.24) is 0 Å². The summed E-state index contributed by atoms with van der Waals surface area (Å²) in [4.78, 5) is 10.4. The number of carbonyl (C=O) groups is 1. The van der Waals surface area contributed by atoms with Crippen LogP contribution < -0.4 is 0 Å². The normalized spacial score (nSPS) is 13.2. The molecule has 0 aliphatic rings. The van der Waals surface area contributed by atoms with Crippen molar-refractivity contribution in [1.29, 1.82) is 0 Å². The van der Waals surface area contributed by atoms with E-state index in [1.54, 1.807) is 13.0 Å². The van der Waals surface area contributed by atoms with E-state index in [2.05, 4.69) is 20.8 Å². The second-order valence-electron chi connectivity index (χ2n) is 4.29. The van der Waals surface area contributed by atoms with E-state index in [0.29, 0.717) is 5.57 Å². The Morgan fingerprint density at radius 2 is 1.92 bits per heavy atom. The minimum Gasteiger partial charge on any atom is -0.478 e. The number of carboxylic acids is 1. The van der Waals surface area contributed by atoms with Gasteiger partial charge in [0.05, 0.1) is 0 Å². The van der Waals surface area contributed by atoms with E-state index in [0.717, 1.165) is 12.8 Å². The van der Waals surface area contributed by atoms with Crippen molar-refractivity contribution < 1.29 is 9.90 Å². The van der Waals surface area contributed by atoms with E-state index in [-0.39, 0.29) is 5.41 Å². The Bertz CT molecular complexity index is 185. The topological polar surface area (TPSA) is 37.3 Å². The van der Waals surface area contributed by atoms with Gasteiger partial charge < -0.3 is 5.11 Å². The van der Waals surface area contributed by atoms with Crippen molar-refractivity contribution in [2.45, 2.75) is 40.5 Å². The predicted molar refractivity (Wildman–Crippen MR) is 50.1 cm³/mol. The van der Waals surface area contributed by atoms with E-state index in [4.69, 9.17) is 5.11 Å². The van der Waals surface area contributed by atoms with Gasteiger partial charge in [-0.1, -0.05) is 26.8 Å². The van der Waals surface area contributed by atoms with E-state index in [1.807, 2.05) is 0 Å². The first kappa shape index (κ1) is 11.2. The van der Waals surface area contributed by atoms with E-state index >= 15 is 0 Å². The zero-order valence-corrected chi connectivity index (χ0v) is 8.35. The number of rotatable bonds is 3. The summed E-state index contributed by atoms with van der Waals surface area (Å²) in [6.07, 6.45) is 3.66. The molecule has 0 saturated heterocycles. The molecule has 0 aliphatic heterocycles. The van der Waals surface area contributed by atoms with Gasteiger partial charge in [-0.25, -0.2) is 4.79 Å². The summed E-state index contributed by atoms with van der Waals surface area (Å²) < 4.78 is 0. The number of aliphatic carboxylic acids is 1. The van der Waals surface area contributed by atoms with Crippen molar-refractivity contribution in [3.63, 3.8) is 0 Å². The fraction of sp³-hybridized carbons (Fsp3) is 0.700. The summed E-state index contributed by atoms with van der Waals surface area (Å²) in [5.74, 6) is -0.816. The molecule has 0 rings (SSSR count). The lowest BCUT2D eigenvalue weighted by molar-refractivity contribution is -0.132. The Balaban J connectivity index is 3.83. The standard InChI is InChI=1S/C10H18O2/c1-8(9(11)12)6-5-7-10(2,3)4/h6H,5,7H2,1-4H3,(H,11,12). The quantitative estimate of drug-likeness (QED) is 0.661. The molecule has 0 fully saturated rings. The molecule has 0 aliphatic carbocycles. The Hall–Kier alpha value is -0.790. The summed E-state index contributed by atoms with van der Waals surface area (Å²) in [5.41, 5.74) is 0.731. The Morgan fingerprint density at radius 3 is 2.25 bits per heavy atom. The van der Waals surface area contributed by atoms with Gasteiger partial charge in [0.15, 0.2) is 0 Å². The van der Waals surface area contributed by atoms with Crippen molar-refractivity contribution in [2.75, 3.05) is 0 Å². The van der Waals surface area contributed by atoms with Gasteiger partial charge in [-0.05, 0) is 25.2 Å². The molecule has 0 aromatic heterocycles. The van der Waals surface area contributed by atoms with Crippen LogP contribution >= 0.6 is 0 Å². The minimum atomic E-state index is -0.816. The van der Waals surface area contributed by atoms with Crippen LogP contribution in [0.25, 0.3) is 0 Å². The molecule has 0 heterocycles. The maximum atomic E-state index is 10.4. The summed E-state index contributed by atoms with van der Waals surface area (Å²) >= 11 is 0. The van der Waals surface area contributed by atoms with Gasteiger partial charge in [-0.3, -0.25) is 0 Å². The Labute approximate surface area is 74.3 Å². The molecule has 2 nitrogen and oxygen atoms in total. The molecule has 0 unspecified atom stereocenters.